The number of allylic oxidation sites excluding steroid dienone is 4. The maximum absolute atomic E-state index is 13.6. The van der Waals surface area contributed by atoms with Crippen LogP contribution in [0.4, 0.5) is 4.39 Å². The quantitative estimate of drug-likeness (QED) is 0.584. The van der Waals surface area contributed by atoms with Crippen molar-refractivity contribution in [1.29, 1.82) is 0 Å². The first-order valence-corrected chi connectivity index (χ1v) is 5.74. The minimum Gasteiger partial charge on any atom is -0.207 e. The molecular weight excluding hydrogens is 187 g/mol. The van der Waals surface area contributed by atoms with Gasteiger partial charge in [0.15, 0.2) is 0 Å². The minimum absolute atomic E-state index is 0.179. The number of hydrogen-bond donors (Lipinski definition) is 0. The van der Waals surface area contributed by atoms with Gasteiger partial charge < -0.3 is 0 Å². The molecule has 0 N–H and O–H groups in total. The summed E-state index contributed by atoms with van der Waals surface area (Å²) < 4.78 is 13.6. The van der Waals surface area contributed by atoms with E-state index in [0.717, 1.165) is 29.9 Å². The molecule has 1 heteroatoms. The van der Waals surface area contributed by atoms with Crippen molar-refractivity contribution >= 4 is 0 Å². The minimum atomic E-state index is -0.179. The Hall–Kier alpha value is -0.850. The zero-order valence-corrected chi connectivity index (χ0v) is 9.85. The van der Waals surface area contributed by atoms with E-state index >= 15 is 0 Å². The van der Waals surface area contributed by atoms with E-state index < -0.39 is 0 Å². The molecule has 1 rings (SSSR count). The van der Waals surface area contributed by atoms with Gasteiger partial charge in [0, 0.05) is 0 Å². The first-order chi connectivity index (χ1) is 7.06. The summed E-state index contributed by atoms with van der Waals surface area (Å²) >= 11 is 0. The SMILES string of the molecule is C=C/C(F)=C(\C(=C)C)C1CCC(C)CC1. The molecule has 0 aliphatic heterocycles. The van der Waals surface area contributed by atoms with Gasteiger partial charge in [-0.2, -0.15) is 0 Å². The van der Waals surface area contributed by atoms with E-state index in [4.69, 9.17) is 0 Å². The predicted octanol–water partition coefficient (Wildman–Crippen LogP) is 4.80. The lowest BCUT2D eigenvalue weighted by Gasteiger charge is -2.28. The molecule has 0 spiro atoms. The molecular formula is C14H21F. The lowest BCUT2D eigenvalue weighted by atomic mass is 9.77. The Kier molecular flexibility index (Phi) is 4.31. The van der Waals surface area contributed by atoms with Crippen molar-refractivity contribution in [1.82, 2.24) is 0 Å². The molecule has 0 atom stereocenters. The molecule has 0 aromatic carbocycles. The molecule has 0 radical (unpaired) electrons. The second-order valence-corrected chi connectivity index (χ2v) is 4.70. The number of halogens is 1. The monoisotopic (exact) mass is 208 g/mol. The molecule has 0 heterocycles. The summed E-state index contributed by atoms with van der Waals surface area (Å²) in [6.45, 7) is 11.5. The number of hydrogen-bond acceptors (Lipinski definition) is 0. The van der Waals surface area contributed by atoms with Crippen LogP contribution in [0.5, 0.6) is 0 Å². The van der Waals surface area contributed by atoms with E-state index in [-0.39, 0.29) is 5.83 Å². The van der Waals surface area contributed by atoms with Crippen molar-refractivity contribution in [2.45, 2.75) is 39.5 Å². The molecule has 1 fully saturated rings. The topological polar surface area (TPSA) is 0 Å². The maximum Gasteiger partial charge on any atom is 0.126 e. The van der Waals surface area contributed by atoms with Gasteiger partial charge in [0.25, 0.3) is 0 Å². The van der Waals surface area contributed by atoms with Gasteiger partial charge in [-0.1, -0.05) is 38.5 Å². The van der Waals surface area contributed by atoms with Crippen LogP contribution in [0.1, 0.15) is 39.5 Å². The fraction of sp³-hybridized carbons (Fsp3) is 0.571. The zero-order chi connectivity index (χ0) is 11.4. The van der Waals surface area contributed by atoms with Gasteiger partial charge in [-0.3, -0.25) is 0 Å². The van der Waals surface area contributed by atoms with E-state index in [9.17, 15) is 4.39 Å². The van der Waals surface area contributed by atoms with Crippen LogP contribution in [0.3, 0.4) is 0 Å². The third-order valence-corrected chi connectivity index (χ3v) is 3.32. The largest absolute Gasteiger partial charge is 0.207 e. The molecule has 15 heavy (non-hydrogen) atoms. The summed E-state index contributed by atoms with van der Waals surface area (Å²) in [4.78, 5) is 0. The van der Waals surface area contributed by atoms with Crippen molar-refractivity contribution in [3.05, 3.63) is 36.2 Å². The summed E-state index contributed by atoms with van der Waals surface area (Å²) in [6, 6.07) is 0. The summed E-state index contributed by atoms with van der Waals surface area (Å²) in [6.07, 6.45) is 5.88. The Bertz CT molecular complexity index is 278. The van der Waals surface area contributed by atoms with Crippen LogP contribution in [-0.4, -0.2) is 0 Å². The Morgan fingerprint density at radius 1 is 1.27 bits per heavy atom. The lowest BCUT2D eigenvalue weighted by molar-refractivity contribution is 0.318. The van der Waals surface area contributed by atoms with Crippen LogP contribution in [0.15, 0.2) is 36.2 Å². The van der Waals surface area contributed by atoms with E-state index in [0.29, 0.717) is 5.92 Å². The van der Waals surface area contributed by atoms with E-state index in [1.54, 1.807) is 0 Å². The average molecular weight is 208 g/mol. The predicted molar refractivity (Wildman–Crippen MR) is 64.3 cm³/mol. The van der Waals surface area contributed by atoms with Crippen LogP contribution in [0, 0.1) is 11.8 Å². The summed E-state index contributed by atoms with van der Waals surface area (Å²) in [7, 11) is 0. The fourth-order valence-electron chi connectivity index (χ4n) is 2.41. The molecule has 1 aliphatic carbocycles. The van der Waals surface area contributed by atoms with E-state index in [1.807, 2.05) is 6.92 Å². The van der Waals surface area contributed by atoms with Crippen LogP contribution < -0.4 is 0 Å². The first-order valence-electron chi connectivity index (χ1n) is 5.74. The summed E-state index contributed by atoms with van der Waals surface area (Å²) in [5, 5.41) is 0. The van der Waals surface area contributed by atoms with Gasteiger partial charge in [0.2, 0.25) is 0 Å². The third-order valence-electron chi connectivity index (χ3n) is 3.32. The molecule has 0 aromatic rings. The smallest absolute Gasteiger partial charge is 0.126 e. The molecule has 1 saturated carbocycles. The van der Waals surface area contributed by atoms with Crippen molar-refractivity contribution in [3.63, 3.8) is 0 Å². The normalized spacial score (nSPS) is 28.2. The molecule has 0 bridgehead atoms. The lowest BCUT2D eigenvalue weighted by Crippen LogP contribution is -2.15. The van der Waals surface area contributed by atoms with Gasteiger partial charge >= 0.3 is 0 Å². The van der Waals surface area contributed by atoms with Crippen molar-refractivity contribution < 1.29 is 4.39 Å². The second-order valence-electron chi connectivity index (χ2n) is 4.70. The van der Waals surface area contributed by atoms with Crippen molar-refractivity contribution in [2.75, 3.05) is 0 Å². The highest BCUT2D eigenvalue weighted by Gasteiger charge is 2.23. The molecule has 84 valence electrons. The van der Waals surface area contributed by atoms with Gasteiger partial charge in [-0.25, -0.2) is 4.39 Å². The summed E-state index contributed by atoms with van der Waals surface area (Å²) in [5.74, 6) is 0.971. The van der Waals surface area contributed by atoms with Gasteiger partial charge in [-0.05, 0) is 43.3 Å². The molecule has 1 aliphatic rings. The molecule has 0 saturated heterocycles. The first kappa shape index (κ1) is 12.2. The van der Waals surface area contributed by atoms with Crippen LogP contribution >= 0.6 is 0 Å². The van der Waals surface area contributed by atoms with Gasteiger partial charge in [0.05, 0.1) is 0 Å². The van der Waals surface area contributed by atoms with Crippen molar-refractivity contribution in [3.8, 4) is 0 Å². The van der Waals surface area contributed by atoms with Gasteiger partial charge in [-0.15, -0.1) is 0 Å². The molecule has 0 aromatic heterocycles. The Balaban J connectivity index is 2.83. The Morgan fingerprint density at radius 2 is 1.80 bits per heavy atom. The summed E-state index contributed by atoms with van der Waals surface area (Å²) in [5.41, 5.74) is 1.66. The number of rotatable bonds is 3. The van der Waals surface area contributed by atoms with E-state index in [2.05, 4.69) is 20.1 Å². The van der Waals surface area contributed by atoms with Gasteiger partial charge in [0.1, 0.15) is 5.83 Å². The Morgan fingerprint density at radius 3 is 2.20 bits per heavy atom. The van der Waals surface area contributed by atoms with Crippen LogP contribution in [0.25, 0.3) is 0 Å². The highest BCUT2D eigenvalue weighted by Crippen LogP contribution is 2.37. The highest BCUT2D eigenvalue weighted by atomic mass is 19.1. The average Bonchev–Trinajstić information content (AvgIpc) is 2.20. The van der Waals surface area contributed by atoms with Crippen LogP contribution in [0.2, 0.25) is 0 Å². The molecule has 0 unspecified atom stereocenters. The van der Waals surface area contributed by atoms with E-state index in [1.165, 1.54) is 18.9 Å². The Labute approximate surface area is 92.6 Å². The van der Waals surface area contributed by atoms with Crippen LogP contribution in [-0.2, 0) is 0 Å². The third kappa shape index (κ3) is 3.05. The highest BCUT2D eigenvalue weighted by molar-refractivity contribution is 5.35. The zero-order valence-electron chi connectivity index (χ0n) is 9.85. The standard InChI is InChI=1S/C14H21F/c1-5-13(15)14(10(2)3)12-8-6-11(4)7-9-12/h5,11-12H,1-2,6-9H2,3-4H3/b14-13-. The molecule has 0 amide bonds. The van der Waals surface area contributed by atoms with Crippen molar-refractivity contribution in [2.24, 2.45) is 11.8 Å². The second kappa shape index (κ2) is 5.29. The molecule has 0 nitrogen and oxygen atoms in total. The fourth-order valence-corrected chi connectivity index (χ4v) is 2.41. The maximum atomic E-state index is 13.6.